The van der Waals surface area contributed by atoms with Gasteiger partial charge in [-0.2, -0.15) is 0 Å². The van der Waals surface area contributed by atoms with Gasteiger partial charge in [0.25, 0.3) is 0 Å². The number of nitrogens with zero attached hydrogens (tertiary/aromatic N) is 5. The zero-order valence-electron chi connectivity index (χ0n) is 7.71. The van der Waals surface area contributed by atoms with Gasteiger partial charge in [0, 0.05) is 6.54 Å². The van der Waals surface area contributed by atoms with Crippen LogP contribution in [0.5, 0.6) is 0 Å². The second-order valence-electron chi connectivity index (χ2n) is 2.85. The minimum Gasteiger partial charge on any atom is -0.379 e. The Balaban J connectivity index is 2.41. The molecule has 0 saturated carbocycles. The van der Waals surface area contributed by atoms with E-state index in [0.717, 1.165) is 13.0 Å². The van der Waals surface area contributed by atoms with Crippen molar-refractivity contribution in [3.05, 3.63) is 6.33 Å². The maximum absolute atomic E-state index is 5.55. The molecule has 7 nitrogen and oxygen atoms in total. The van der Waals surface area contributed by atoms with Crippen LogP contribution in [0, 0.1) is 0 Å². The van der Waals surface area contributed by atoms with E-state index in [-0.39, 0.29) is 5.82 Å². The van der Waals surface area contributed by atoms with Gasteiger partial charge in [0.15, 0.2) is 17.3 Å². The van der Waals surface area contributed by atoms with E-state index in [1.165, 1.54) is 0 Å². The van der Waals surface area contributed by atoms with E-state index in [9.17, 15) is 0 Å². The summed E-state index contributed by atoms with van der Waals surface area (Å²) < 4.78 is 6.35. The van der Waals surface area contributed by atoms with Gasteiger partial charge in [0.05, 0.1) is 0 Å². The zero-order valence-corrected chi connectivity index (χ0v) is 7.71. The number of aromatic nitrogens is 5. The van der Waals surface area contributed by atoms with E-state index in [0.29, 0.717) is 11.5 Å². The summed E-state index contributed by atoms with van der Waals surface area (Å²) in [5.41, 5.74) is 5.99. The molecule has 0 saturated heterocycles. The molecule has 0 unspecified atom stereocenters. The predicted octanol–water partition coefficient (Wildman–Crippen LogP) is 0.320. The number of nitrogens with two attached hydrogens (primary N) is 1. The molecule has 2 N–H and O–H groups in total. The number of anilines is 1. The van der Waals surface area contributed by atoms with Crippen molar-refractivity contribution in [2.45, 2.75) is 19.9 Å². The van der Waals surface area contributed by atoms with Gasteiger partial charge in [-0.1, -0.05) is 6.92 Å². The summed E-state index contributed by atoms with van der Waals surface area (Å²) in [6.45, 7) is 2.88. The van der Waals surface area contributed by atoms with Crippen LogP contribution in [0.4, 0.5) is 5.82 Å². The average Bonchev–Trinajstić information content (AvgIpc) is 2.74. The highest BCUT2D eigenvalue weighted by Gasteiger charge is 2.15. The van der Waals surface area contributed by atoms with Crippen LogP contribution < -0.4 is 5.73 Å². The van der Waals surface area contributed by atoms with E-state index < -0.39 is 0 Å². The lowest BCUT2D eigenvalue weighted by Gasteiger charge is -2.00. The summed E-state index contributed by atoms with van der Waals surface area (Å²) in [4.78, 5) is 0. The normalized spacial score (nSPS) is 10.6. The van der Waals surface area contributed by atoms with Crippen molar-refractivity contribution in [3.63, 3.8) is 0 Å². The first kappa shape index (κ1) is 8.67. The molecule has 74 valence electrons. The van der Waals surface area contributed by atoms with E-state index in [4.69, 9.17) is 5.73 Å². The Morgan fingerprint density at radius 1 is 1.50 bits per heavy atom. The van der Waals surface area contributed by atoms with Gasteiger partial charge in [-0.15, -0.1) is 10.2 Å². The molecule has 0 radical (unpaired) electrons. The first-order valence-electron chi connectivity index (χ1n) is 4.29. The van der Waals surface area contributed by atoms with Gasteiger partial charge in [-0.3, -0.25) is 0 Å². The van der Waals surface area contributed by atoms with Crippen LogP contribution in [0.1, 0.15) is 13.3 Å². The third-order valence-corrected chi connectivity index (χ3v) is 1.81. The van der Waals surface area contributed by atoms with Crippen LogP contribution in [0.15, 0.2) is 11.0 Å². The molecule has 2 heterocycles. The fourth-order valence-corrected chi connectivity index (χ4v) is 1.19. The largest absolute Gasteiger partial charge is 0.379 e. The SMILES string of the molecule is CCCn1cnnc1-c1nonc1N. The Kier molecular flexibility index (Phi) is 2.13. The van der Waals surface area contributed by atoms with Crippen molar-refractivity contribution in [1.29, 1.82) is 0 Å². The summed E-state index contributed by atoms with van der Waals surface area (Å²) in [6, 6.07) is 0. The molecule has 0 aliphatic heterocycles. The maximum Gasteiger partial charge on any atom is 0.199 e. The van der Waals surface area contributed by atoms with Crippen LogP contribution >= 0.6 is 0 Å². The Labute approximate surface area is 79.9 Å². The molecule has 7 heteroatoms. The predicted molar refractivity (Wildman–Crippen MR) is 48.0 cm³/mol. The third-order valence-electron chi connectivity index (χ3n) is 1.81. The van der Waals surface area contributed by atoms with Gasteiger partial charge in [0.2, 0.25) is 0 Å². The lowest BCUT2D eigenvalue weighted by atomic mass is 10.4. The second kappa shape index (κ2) is 3.44. The number of hydrogen-bond acceptors (Lipinski definition) is 6. The van der Waals surface area contributed by atoms with Crippen LogP contribution in [0.2, 0.25) is 0 Å². The van der Waals surface area contributed by atoms with Crippen LogP contribution in [-0.2, 0) is 6.54 Å². The zero-order chi connectivity index (χ0) is 9.97. The van der Waals surface area contributed by atoms with E-state index in [1.54, 1.807) is 6.33 Å². The van der Waals surface area contributed by atoms with Gasteiger partial charge in [0.1, 0.15) is 6.33 Å². The molecule has 2 rings (SSSR count). The van der Waals surface area contributed by atoms with Crippen LogP contribution in [-0.4, -0.2) is 25.1 Å². The number of aryl methyl sites for hydroxylation is 1. The smallest absolute Gasteiger partial charge is 0.199 e. The molecule has 0 bridgehead atoms. The van der Waals surface area contributed by atoms with Crippen molar-refractivity contribution < 1.29 is 4.63 Å². The highest BCUT2D eigenvalue weighted by molar-refractivity contribution is 5.61. The van der Waals surface area contributed by atoms with Crippen LogP contribution in [0.3, 0.4) is 0 Å². The minimum absolute atomic E-state index is 0.232. The van der Waals surface area contributed by atoms with Crippen molar-refractivity contribution in [2.24, 2.45) is 0 Å². The summed E-state index contributed by atoms with van der Waals surface area (Å²) in [7, 11) is 0. The molecule has 0 aromatic carbocycles. The molecule has 0 fully saturated rings. The first-order chi connectivity index (χ1) is 6.83. The highest BCUT2D eigenvalue weighted by Crippen LogP contribution is 2.19. The highest BCUT2D eigenvalue weighted by atomic mass is 16.6. The first-order valence-corrected chi connectivity index (χ1v) is 4.29. The number of hydrogen-bond donors (Lipinski definition) is 1. The molecule has 0 aliphatic rings. The standard InChI is InChI=1S/C7H10N6O/c1-2-3-13-4-9-10-7(13)5-6(8)12-14-11-5/h4H,2-3H2,1H3,(H2,8,12). The van der Waals surface area contributed by atoms with Crippen molar-refractivity contribution >= 4 is 5.82 Å². The monoisotopic (exact) mass is 194 g/mol. The molecule has 0 aliphatic carbocycles. The van der Waals surface area contributed by atoms with Gasteiger partial charge >= 0.3 is 0 Å². The molecule has 0 amide bonds. The Bertz CT molecular complexity index is 419. The molecular formula is C7H10N6O. The summed E-state index contributed by atoms with van der Waals surface area (Å²) >= 11 is 0. The number of rotatable bonds is 3. The topological polar surface area (TPSA) is 95.6 Å². The fraction of sp³-hybridized carbons (Fsp3) is 0.429. The Morgan fingerprint density at radius 2 is 2.36 bits per heavy atom. The molecule has 2 aromatic heterocycles. The average molecular weight is 194 g/mol. The second-order valence-corrected chi connectivity index (χ2v) is 2.85. The molecular weight excluding hydrogens is 184 g/mol. The van der Waals surface area contributed by atoms with E-state index in [2.05, 4.69) is 32.1 Å². The lowest BCUT2D eigenvalue weighted by Crippen LogP contribution is -2.00. The Morgan fingerprint density at radius 3 is 3.00 bits per heavy atom. The summed E-state index contributed by atoms with van der Waals surface area (Å²) in [5, 5.41) is 14.8. The van der Waals surface area contributed by atoms with Gasteiger partial charge < -0.3 is 10.3 Å². The van der Waals surface area contributed by atoms with Gasteiger partial charge in [-0.05, 0) is 16.7 Å². The van der Waals surface area contributed by atoms with Gasteiger partial charge in [-0.25, -0.2) is 4.63 Å². The molecule has 0 spiro atoms. The van der Waals surface area contributed by atoms with Crippen molar-refractivity contribution in [1.82, 2.24) is 25.1 Å². The number of nitrogen functional groups attached to an aromatic ring is 1. The summed E-state index contributed by atoms with van der Waals surface area (Å²) in [5.74, 6) is 0.820. The van der Waals surface area contributed by atoms with E-state index >= 15 is 0 Å². The van der Waals surface area contributed by atoms with Crippen molar-refractivity contribution in [3.8, 4) is 11.5 Å². The summed E-state index contributed by atoms with van der Waals surface area (Å²) in [6.07, 6.45) is 2.61. The Hall–Kier alpha value is -1.92. The van der Waals surface area contributed by atoms with Crippen LogP contribution in [0.25, 0.3) is 11.5 Å². The molecule has 0 atom stereocenters. The third kappa shape index (κ3) is 1.32. The minimum atomic E-state index is 0.232. The lowest BCUT2D eigenvalue weighted by molar-refractivity contribution is 0.310. The molecule has 14 heavy (non-hydrogen) atoms. The van der Waals surface area contributed by atoms with Crippen molar-refractivity contribution in [2.75, 3.05) is 5.73 Å². The quantitative estimate of drug-likeness (QED) is 0.755. The fourth-order valence-electron chi connectivity index (χ4n) is 1.19. The molecule has 2 aromatic rings. The maximum atomic E-state index is 5.55. The van der Waals surface area contributed by atoms with E-state index in [1.807, 2.05) is 4.57 Å².